The van der Waals surface area contributed by atoms with Gasteiger partial charge in [-0.3, -0.25) is 10.1 Å². The van der Waals surface area contributed by atoms with Crippen LogP contribution in [-0.4, -0.2) is 32.4 Å². The SMILES string of the molecule is COc1cc(C(=O)Nc2onc3c2CCCC3)cc(OC)c1OC. The number of ether oxygens (including phenoxy) is 3. The lowest BCUT2D eigenvalue weighted by atomic mass is 9.97. The summed E-state index contributed by atoms with van der Waals surface area (Å²) in [5.41, 5.74) is 2.30. The molecular weight excluding hydrogens is 312 g/mol. The number of fused-ring (bicyclic) bond motifs is 1. The van der Waals surface area contributed by atoms with E-state index in [9.17, 15) is 4.79 Å². The molecule has 0 saturated carbocycles. The molecule has 0 saturated heterocycles. The van der Waals surface area contributed by atoms with Gasteiger partial charge in [0.05, 0.1) is 27.0 Å². The standard InChI is InChI=1S/C17H20N2O5/c1-21-13-8-10(9-14(22-2)15(13)23-3)16(20)18-17-11-6-4-5-7-12(11)19-24-17/h8-9H,4-7H2,1-3H3,(H,18,20). The minimum absolute atomic E-state index is 0.321. The summed E-state index contributed by atoms with van der Waals surface area (Å²) < 4.78 is 21.1. The smallest absolute Gasteiger partial charge is 0.258 e. The van der Waals surface area contributed by atoms with Gasteiger partial charge in [0, 0.05) is 11.1 Å². The third-order valence-electron chi connectivity index (χ3n) is 4.11. The quantitative estimate of drug-likeness (QED) is 0.906. The van der Waals surface area contributed by atoms with Crippen LogP contribution in [0.25, 0.3) is 0 Å². The van der Waals surface area contributed by atoms with Crippen LogP contribution in [-0.2, 0) is 12.8 Å². The fourth-order valence-electron chi connectivity index (χ4n) is 2.88. The zero-order valence-corrected chi connectivity index (χ0v) is 14.0. The Hall–Kier alpha value is -2.70. The van der Waals surface area contributed by atoms with Gasteiger partial charge in [0.1, 0.15) is 0 Å². The number of aromatic nitrogens is 1. The number of carbonyl (C=O) groups excluding carboxylic acids is 1. The van der Waals surface area contributed by atoms with Crippen LogP contribution in [0.3, 0.4) is 0 Å². The predicted molar refractivity (Wildman–Crippen MR) is 87.2 cm³/mol. The molecule has 128 valence electrons. The van der Waals surface area contributed by atoms with E-state index in [0.29, 0.717) is 28.7 Å². The Labute approximate surface area is 139 Å². The summed E-state index contributed by atoms with van der Waals surface area (Å²) in [7, 11) is 4.53. The van der Waals surface area contributed by atoms with E-state index >= 15 is 0 Å². The zero-order chi connectivity index (χ0) is 17.1. The van der Waals surface area contributed by atoms with Crippen LogP contribution in [0.1, 0.15) is 34.5 Å². The molecule has 1 aliphatic carbocycles. The zero-order valence-electron chi connectivity index (χ0n) is 14.0. The van der Waals surface area contributed by atoms with Crippen molar-refractivity contribution in [3.63, 3.8) is 0 Å². The summed E-state index contributed by atoms with van der Waals surface area (Å²) in [6, 6.07) is 3.19. The second kappa shape index (κ2) is 6.82. The number of hydrogen-bond donors (Lipinski definition) is 1. The Morgan fingerprint density at radius 3 is 2.38 bits per heavy atom. The number of anilines is 1. The summed E-state index contributed by atoms with van der Waals surface area (Å²) in [5.74, 6) is 1.37. The molecule has 0 aliphatic heterocycles. The molecule has 3 rings (SSSR count). The summed E-state index contributed by atoms with van der Waals surface area (Å²) >= 11 is 0. The minimum atomic E-state index is -0.321. The van der Waals surface area contributed by atoms with E-state index in [1.165, 1.54) is 21.3 Å². The highest BCUT2D eigenvalue weighted by Gasteiger charge is 2.22. The van der Waals surface area contributed by atoms with Crippen molar-refractivity contribution >= 4 is 11.8 Å². The number of nitrogens with zero attached hydrogens (tertiary/aromatic N) is 1. The summed E-state index contributed by atoms with van der Waals surface area (Å²) in [6.07, 6.45) is 3.92. The maximum atomic E-state index is 12.6. The molecule has 1 aliphatic rings. The highest BCUT2D eigenvalue weighted by Crippen LogP contribution is 2.38. The number of amides is 1. The summed E-state index contributed by atoms with van der Waals surface area (Å²) in [4.78, 5) is 12.6. The summed E-state index contributed by atoms with van der Waals surface area (Å²) in [6.45, 7) is 0. The maximum Gasteiger partial charge on any atom is 0.258 e. The van der Waals surface area contributed by atoms with Gasteiger partial charge in [-0.05, 0) is 37.8 Å². The van der Waals surface area contributed by atoms with Crippen LogP contribution in [0.4, 0.5) is 5.88 Å². The molecule has 0 bridgehead atoms. The lowest BCUT2D eigenvalue weighted by Crippen LogP contribution is -2.14. The topological polar surface area (TPSA) is 82.8 Å². The van der Waals surface area contributed by atoms with Gasteiger partial charge in [-0.2, -0.15) is 0 Å². The predicted octanol–water partition coefficient (Wildman–Crippen LogP) is 2.83. The van der Waals surface area contributed by atoms with Gasteiger partial charge in [0.2, 0.25) is 11.6 Å². The molecule has 1 amide bonds. The number of rotatable bonds is 5. The second-order valence-electron chi connectivity index (χ2n) is 5.51. The van der Waals surface area contributed by atoms with E-state index in [1.807, 2.05) is 0 Å². The average molecular weight is 332 g/mol. The van der Waals surface area contributed by atoms with E-state index in [2.05, 4.69) is 10.5 Å². The molecule has 1 aromatic heterocycles. The van der Waals surface area contributed by atoms with E-state index < -0.39 is 0 Å². The molecule has 0 atom stereocenters. The van der Waals surface area contributed by atoms with E-state index in [1.54, 1.807) is 12.1 Å². The van der Waals surface area contributed by atoms with Gasteiger partial charge in [-0.1, -0.05) is 5.16 Å². The molecule has 1 heterocycles. The van der Waals surface area contributed by atoms with Crippen molar-refractivity contribution in [2.45, 2.75) is 25.7 Å². The fraction of sp³-hybridized carbons (Fsp3) is 0.412. The van der Waals surface area contributed by atoms with E-state index in [0.717, 1.165) is 36.9 Å². The lowest BCUT2D eigenvalue weighted by molar-refractivity contribution is 0.102. The Bertz CT molecular complexity index is 728. The van der Waals surface area contributed by atoms with E-state index in [4.69, 9.17) is 18.7 Å². The highest BCUT2D eigenvalue weighted by molar-refractivity contribution is 6.04. The first-order valence-electron chi connectivity index (χ1n) is 7.76. The van der Waals surface area contributed by atoms with Crippen LogP contribution in [0.15, 0.2) is 16.7 Å². The van der Waals surface area contributed by atoms with Gasteiger partial charge in [-0.15, -0.1) is 0 Å². The molecule has 7 nitrogen and oxygen atoms in total. The van der Waals surface area contributed by atoms with Crippen LogP contribution < -0.4 is 19.5 Å². The largest absolute Gasteiger partial charge is 0.493 e. The van der Waals surface area contributed by atoms with Crippen LogP contribution in [0.2, 0.25) is 0 Å². The molecule has 2 aromatic rings. The Kier molecular flexibility index (Phi) is 4.59. The lowest BCUT2D eigenvalue weighted by Gasteiger charge is -2.14. The first-order valence-corrected chi connectivity index (χ1v) is 7.76. The first kappa shape index (κ1) is 16.2. The first-order chi connectivity index (χ1) is 11.7. The van der Waals surface area contributed by atoms with Gasteiger partial charge >= 0.3 is 0 Å². The molecule has 7 heteroatoms. The third kappa shape index (κ3) is 2.89. The number of aryl methyl sites for hydroxylation is 1. The van der Waals surface area contributed by atoms with Crippen LogP contribution >= 0.6 is 0 Å². The fourth-order valence-corrected chi connectivity index (χ4v) is 2.88. The van der Waals surface area contributed by atoms with Crippen LogP contribution in [0.5, 0.6) is 17.2 Å². The van der Waals surface area contributed by atoms with Gasteiger partial charge < -0.3 is 18.7 Å². The second-order valence-corrected chi connectivity index (χ2v) is 5.51. The van der Waals surface area contributed by atoms with Crippen molar-refractivity contribution in [2.24, 2.45) is 0 Å². The normalized spacial score (nSPS) is 13.1. The van der Waals surface area contributed by atoms with Crippen molar-refractivity contribution in [2.75, 3.05) is 26.6 Å². The van der Waals surface area contributed by atoms with Crippen LogP contribution in [0, 0.1) is 0 Å². The number of carbonyl (C=O) groups is 1. The van der Waals surface area contributed by atoms with Gasteiger partial charge in [0.15, 0.2) is 11.5 Å². The van der Waals surface area contributed by atoms with Crippen molar-refractivity contribution < 1.29 is 23.5 Å². The molecular formula is C17H20N2O5. The molecule has 1 N–H and O–H groups in total. The number of benzene rings is 1. The van der Waals surface area contributed by atoms with Gasteiger partial charge in [0.25, 0.3) is 5.91 Å². The average Bonchev–Trinajstić information content (AvgIpc) is 3.03. The number of methoxy groups -OCH3 is 3. The monoisotopic (exact) mass is 332 g/mol. The number of hydrogen-bond acceptors (Lipinski definition) is 6. The van der Waals surface area contributed by atoms with Crippen molar-refractivity contribution in [3.05, 3.63) is 29.0 Å². The van der Waals surface area contributed by atoms with Crippen molar-refractivity contribution in [1.82, 2.24) is 5.16 Å². The maximum absolute atomic E-state index is 12.6. The molecule has 0 spiro atoms. The van der Waals surface area contributed by atoms with E-state index in [-0.39, 0.29) is 5.91 Å². The third-order valence-corrected chi connectivity index (χ3v) is 4.11. The minimum Gasteiger partial charge on any atom is -0.493 e. The Morgan fingerprint density at radius 1 is 1.08 bits per heavy atom. The molecule has 24 heavy (non-hydrogen) atoms. The van der Waals surface area contributed by atoms with Gasteiger partial charge in [-0.25, -0.2) is 0 Å². The molecule has 0 fully saturated rings. The number of nitrogens with one attached hydrogen (secondary N) is 1. The molecule has 1 aromatic carbocycles. The molecule has 0 unspecified atom stereocenters. The Morgan fingerprint density at radius 2 is 1.75 bits per heavy atom. The Balaban J connectivity index is 1.89. The highest BCUT2D eigenvalue weighted by atomic mass is 16.5. The van der Waals surface area contributed by atoms with Crippen molar-refractivity contribution in [3.8, 4) is 17.2 Å². The van der Waals surface area contributed by atoms with Crippen molar-refractivity contribution in [1.29, 1.82) is 0 Å². The summed E-state index contributed by atoms with van der Waals surface area (Å²) in [5, 5.41) is 6.83. The molecule has 0 radical (unpaired) electrons.